The molecule has 0 saturated carbocycles. The zero-order valence-corrected chi connectivity index (χ0v) is 14.1. The maximum absolute atomic E-state index is 12.9. The molecule has 4 nitrogen and oxygen atoms in total. The smallest absolute Gasteiger partial charge is 0.266 e. The van der Waals surface area contributed by atoms with Gasteiger partial charge in [0.25, 0.3) is 11.8 Å². The Morgan fingerprint density at radius 3 is 2.55 bits per heavy atom. The molecule has 0 aromatic heterocycles. The van der Waals surface area contributed by atoms with Crippen molar-refractivity contribution in [1.29, 1.82) is 0 Å². The highest BCUT2D eigenvalue weighted by Gasteiger charge is 2.40. The normalized spacial score (nSPS) is 21.1. The lowest BCUT2D eigenvalue weighted by molar-refractivity contribution is -0.121. The molecule has 0 unspecified atom stereocenters. The molecule has 3 rings (SSSR count). The lowest BCUT2D eigenvalue weighted by Crippen LogP contribution is -2.28. The molecule has 2 aliphatic heterocycles. The van der Waals surface area contributed by atoms with Crippen molar-refractivity contribution >= 4 is 51.4 Å². The number of carbonyl (C=O) groups excluding carboxylic acids is 2. The lowest BCUT2D eigenvalue weighted by Gasteiger charge is -2.16. The largest absolute Gasteiger partial charge is 0.308 e. The number of hydrogen-bond acceptors (Lipinski definition) is 4. The molecule has 1 saturated heterocycles. The number of anilines is 1. The summed E-state index contributed by atoms with van der Waals surface area (Å²) in [6.45, 7) is 2.76. The van der Waals surface area contributed by atoms with Crippen LogP contribution in [0.25, 0.3) is 5.57 Å². The van der Waals surface area contributed by atoms with Crippen LogP contribution in [-0.2, 0) is 9.59 Å². The summed E-state index contributed by atoms with van der Waals surface area (Å²) in [6.07, 6.45) is 1.94. The minimum Gasteiger partial charge on any atom is -0.308 e. The highest BCUT2D eigenvalue weighted by molar-refractivity contribution is 8.26. The molecule has 0 atom stereocenters. The predicted molar refractivity (Wildman–Crippen MR) is 93.6 cm³/mol. The van der Waals surface area contributed by atoms with E-state index in [-0.39, 0.29) is 11.8 Å². The van der Waals surface area contributed by atoms with Gasteiger partial charge in [-0.15, -0.1) is 0 Å². The monoisotopic (exact) mass is 332 g/mol. The minimum absolute atomic E-state index is 0.0939. The Kier molecular flexibility index (Phi) is 4.06. The fraction of sp³-hybridized carbons (Fsp3) is 0.312. The van der Waals surface area contributed by atoms with Crippen LogP contribution in [-0.4, -0.2) is 34.6 Å². The average Bonchev–Trinajstić information content (AvgIpc) is 2.93. The summed E-state index contributed by atoms with van der Waals surface area (Å²) in [5.41, 5.74) is 2.21. The van der Waals surface area contributed by atoms with E-state index in [0.717, 1.165) is 24.1 Å². The van der Waals surface area contributed by atoms with Crippen molar-refractivity contribution in [3.05, 3.63) is 34.7 Å². The molecule has 114 valence electrons. The molecule has 2 heterocycles. The van der Waals surface area contributed by atoms with Gasteiger partial charge in [0.05, 0.1) is 16.2 Å². The summed E-state index contributed by atoms with van der Waals surface area (Å²) >= 11 is 6.39. The summed E-state index contributed by atoms with van der Waals surface area (Å²) in [5.74, 6) is -0.283. The Morgan fingerprint density at radius 1 is 1.18 bits per heavy atom. The van der Waals surface area contributed by atoms with Gasteiger partial charge >= 0.3 is 0 Å². The first-order valence-corrected chi connectivity index (χ1v) is 8.44. The van der Waals surface area contributed by atoms with Gasteiger partial charge in [0.15, 0.2) is 0 Å². The lowest BCUT2D eigenvalue weighted by atomic mass is 10.1. The predicted octanol–water partition coefficient (Wildman–Crippen LogP) is 3.03. The van der Waals surface area contributed by atoms with Crippen LogP contribution in [0.1, 0.15) is 25.3 Å². The second kappa shape index (κ2) is 5.85. The Bertz CT molecular complexity index is 712. The van der Waals surface area contributed by atoms with Gasteiger partial charge in [-0.3, -0.25) is 14.5 Å². The van der Waals surface area contributed by atoms with Crippen molar-refractivity contribution in [3.63, 3.8) is 0 Å². The van der Waals surface area contributed by atoms with Crippen LogP contribution in [0.2, 0.25) is 0 Å². The van der Waals surface area contributed by atoms with Crippen LogP contribution < -0.4 is 4.90 Å². The number of thiocarbonyl (C=S) groups is 1. The van der Waals surface area contributed by atoms with Gasteiger partial charge in [-0.25, -0.2) is 0 Å². The summed E-state index contributed by atoms with van der Waals surface area (Å²) in [7, 11) is 1.64. The first kappa shape index (κ1) is 15.2. The van der Waals surface area contributed by atoms with Crippen molar-refractivity contribution in [2.75, 3.05) is 18.5 Å². The molecule has 0 bridgehead atoms. The highest BCUT2D eigenvalue weighted by Crippen LogP contribution is 2.44. The number of amides is 2. The van der Waals surface area contributed by atoms with Crippen molar-refractivity contribution in [2.45, 2.75) is 19.8 Å². The van der Waals surface area contributed by atoms with Crippen LogP contribution in [0.3, 0.4) is 0 Å². The van der Waals surface area contributed by atoms with E-state index in [1.165, 1.54) is 16.7 Å². The molecule has 0 spiro atoms. The molecule has 0 aliphatic carbocycles. The van der Waals surface area contributed by atoms with Gasteiger partial charge in [0.1, 0.15) is 4.32 Å². The molecular weight excluding hydrogens is 316 g/mol. The third-order valence-electron chi connectivity index (χ3n) is 3.85. The van der Waals surface area contributed by atoms with E-state index in [2.05, 4.69) is 6.92 Å². The van der Waals surface area contributed by atoms with E-state index in [1.54, 1.807) is 11.9 Å². The molecular formula is C16H16N2O2S2. The topological polar surface area (TPSA) is 40.6 Å². The van der Waals surface area contributed by atoms with E-state index in [4.69, 9.17) is 12.2 Å². The third-order valence-corrected chi connectivity index (χ3v) is 5.40. The van der Waals surface area contributed by atoms with Crippen LogP contribution in [0, 0.1) is 0 Å². The van der Waals surface area contributed by atoms with Gasteiger partial charge in [-0.1, -0.05) is 55.5 Å². The first-order chi connectivity index (χ1) is 10.6. The number of para-hydroxylation sites is 1. The molecule has 0 radical (unpaired) electrons. The molecule has 1 fully saturated rings. The van der Waals surface area contributed by atoms with Gasteiger partial charge in [0.2, 0.25) is 0 Å². The van der Waals surface area contributed by atoms with Crippen molar-refractivity contribution < 1.29 is 9.59 Å². The SMILES string of the molecule is CCCCN1C(=O)C(=C2SC(=S)N(C)C2=O)c2ccccc21. The van der Waals surface area contributed by atoms with E-state index in [1.807, 2.05) is 24.3 Å². The van der Waals surface area contributed by atoms with Gasteiger partial charge in [0, 0.05) is 19.2 Å². The quantitative estimate of drug-likeness (QED) is 0.630. The van der Waals surface area contributed by atoms with Crippen LogP contribution in [0.15, 0.2) is 29.2 Å². The number of carbonyl (C=O) groups is 2. The van der Waals surface area contributed by atoms with E-state index < -0.39 is 0 Å². The number of benzene rings is 1. The Morgan fingerprint density at radius 2 is 1.91 bits per heavy atom. The molecule has 1 aromatic rings. The Balaban J connectivity index is 2.12. The fourth-order valence-corrected chi connectivity index (χ4v) is 3.88. The average molecular weight is 332 g/mol. The van der Waals surface area contributed by atoms with Crippen molar-refractivity contribution in [3.8, 4) is 0 Å². The number of likely N-dealkylation sites (N-methyl/N-ethyl adjacent to an activating group) is 1. The summed E-state index contributed by atoms with van der Waals surface area (Å²) in [4.78, 5) is 28.9. The zero-order valence-electron chi connectivity index (χ0n) is 12.5. The van der Waals surface area contributed by atoms with Gasteiger partial charge in [-0.2, -0.15) is 0 Å². The standard InChI is InChI=1S/C16H16N2O2S2/c1-3-4-9-18-11-8-6-5-7-10(11)12(14(18)19)13-15(20)17(2)16(21)22-13/h5-8H,3-4,9H2,1-2H3. The first-order valence-electron chi connectivity index (χ1n) is 7.21. The Labute approximate surface area is 139 Å². The van der Waals surface area contributed by atoms with Crippen LogP contribution in [0.4, 0.5) is 5.69 Å². The molecule has 0 N–H and O–H groups in total. The second-order valence-corrected chi connectivity index (χ2v) is 6.91. The van der Waals surface area contributed by atoms with Gasteiger partial charge < -0.3 is 4.90 Å². The van der Waals surface area contributed by atoms with Crippen LogP contribution in [0.5, 0.6) is 0 Å². The minimum atomic E-state index is -0.189. The van der Waals surface area contributed by atoms with E-state index in [9.17, 15) is 9.59 Å². The number of unbranched alkanes of at least 4 members (excludes halogenated alkanes) is 1. The van der Waals surface area contributed by atoms with E-state index >= 15 is 0 Å². The fourth-order valence-electron chi connectivity index (χ4n) is 2.63. The zero-order chi connectivity index (χ0) is 15.9. The molecule has 6 heteroatoms. The van der Waals surface area contributed by atoms with Crippen molar-refractivity contribution in [2.24, 2.45) is 0 Å². The number of thioether (sulfide) groups is 1. The molecule has 22 heavy (non-hydrogen) atoms. The third kappa shape index (κ3) is 2.27. The molecule has 2 aliphatic rings. The number of fused-ring (bicyclic) bond motifs is 1. The molecule has 2 amide bonds. The Hall–Kier alpha value is -1.66. The maximum atomic E-state index is 12.9. The van der Waals surface area contributed by atoms with E-state index in [0.29, 0.717) is 21.3 Å². The summed E-state index contributed by atoms with van der Waals surface area (Å²) in [5, 5.41) is 0. The van der Waals surface area contributed by atoms with Crippen molar-refractivity contribution in [1.82, 2.24) is 4.90 Å². The maximum Gasteiger partial charge on any atom is 0.266 e. The van der Waals surface area contributed by atoms with Gasteiger partial charge in [-0.05, 0) is 12.5 Å². The summed E-state index contributed by atoms with van der Waals surface area (Å²) in [6, 6.07) is 7.64. The summed E-state index contributed by atoms with van der Waals surface area (Å²) < 4.78 is 0.491. The number of nitrogens with zero attached hydrogens (tertiary/aromatic N) is 2. The second-order valence-electron chi connectivity index (χ2n) is 5.26. The van der Waals surface area contributed by atoms with Crippen LogP contribution >= 0.6 is 24.0 Å². The highest BCUT2D eigenvalue weighted by atomic mass is 32.2. The number of rotatable bonds is 3. The molecule has 1 aromatic carbocycles. The number of hydrogen-bond donors (Lipinski definition) is 0.